The molecule has 6 nitrogen and oxygen atoms in total. The fourth-order valence-electron chi connectivity index (χ4n) is 3.81. The van der Waals surface area contributed by atoms with Gasteiger partial charge in [-0.25, -0.2) is 13.4 Å². The van der Waals surface area contributed by atoms with Crippen molar-refractivity contribution in [1.82, 2.24) is 4.98 Å². The zero-order valence-electron chi connectivity index (χ0n) is 19.6. The quantitative estimate of drug-likeness (QED) is 0.451. The molecule has 1 aliphatic heterocycles. The maximum absolute atomic E-state index is 13.8. The number of pyridine rings is 1. The van der Waals surface area contributed by atoms with Gasteiger partial charge in [-0.2, -0.15) is 13.2 Å². The van der Waals surface area contributed by atoms with Gasteiger partial charge < -0.3 is 5.32 Å². The number of carbonyl (C=O) groups is 1. The lowest BCUT2D eigenvalue weighted by Crippen LogP contribution is -2.31. The normalized spacial score (nSPS) is 14.0. The number of nitrogens with one attached hydrogen (secondary N) is 1. The van der Waals surface area contributed by atoms with Crippen LogP contribution in [0.5, 0.6) is 0 Å². The molecule has 3 aromatic rings. The van der Waals surface area contributed by atoms with Crippen molar-refractivity contribution in [1.29, 1.82) is 0 Å². The summed E-state index contributed by atoms with van der Waals surface area (Å²) in [5.74, 6) is -1.66. The van der Waals surface area contributed by atoms with Gasteiger partial charge in [0.05, 0.1) is 22.8 Å². The maximum Gasteiger partial charge on any atom is 0.454 e. The number of ketones is 1. The lowest BCUT2D eigenvalue weighted by atomic mass is 9.87. The molecular weight excluding hydrogens is 479 g/mol. The Labute approximate surface area is 201 Å². The summed E-state index contributed by atoms with van der Waals surface area (Å²) in [6, 6.07) is 13.1. The van der Waals surface area contributed by atoms with E-state index in [1.165, 1.54) is 18.2 Å². The number of aryl methyl sites for hydroxylation is 1. The van der Waals surface area contributed by atoms with E-state index in [0.29, 0.717) is 17.1 Å². The molecule has 0 amide bonds. The number of hydrogen-bond donors (Lipinski definition) is 1. The fraction of sp³-hybridized carbons (Fsp3) is 0.280. The minimum Gasteiger partial charge on any atom is -0.338 e. The van der Waals surface area contributed by atoms with Gasteiger partial charge in [0.1, 0.15) is 5.82 Å². The number of rotatable bonds is 3. The van der Waals surface area contributed by atoms with Crippen LogP contribution < -0.4 is 9.62 Å². The zero-order chi connectivity index (χ0) is 25.8. The maximum atomic E-state index is 13.8. The summed E-state index contributed by atoms with van der Waals surface area (Å²) >= 11 is 0. The molecule has 0 unspecified atom stereocenters. The lowest BCUT2D eigenvalue weighted by molar-refractivity contribution is -0.0885. The van der Waals surface area contributed by atoms with Gasteiger partial charge in [0.25, 0.3) is 15.8 Å². The molecule has 1 aromatic heterocycles. The number of Topliss-reactive ketones (excluding diaryl/α,β-unsaturated/α-hetero) is 1. The summed E-state index contributed by atoms with van der Waals surface area (Å²) in [7, 11) is -4.22. The largest absolute Gasteiger partial charge is 0.454 e. The van der Waals surface area contributed by atoms with Crippen LogP contribution in [-0.4, -0.2) is 25.4 Å². The van der Waals surface area contributed by atoms with Crippen LogP contribution in [0.25, 0.3) is 0 Å². The molecule has 1 N–H and O–H groups in total. The first-order chi connectivity index (χ1) is 16.2. The van der Waals surface area contributed by atoms with E-state index in [9.17, 15) is 26.4 Å². The van der Waals surface area contributed by atoms with Crippen LogP contribution >= 0.6 is 0 Å². The number of sulfonamides is 1. The molecule has 0 radical (unpaired) electrons. The molecule has 184 valence electrons. The summed E-state index contributed by atoms with van der Waals surface area (Å²) in [4.78, 5) is 16.3. The predicted octanol–water partition coefficient (Wildman–Crippen LogP) is 5.89. The number of carbonyl (C=O) groups excluding carboxylic acids is 1. The van der Waals surface area contributed by atoms with Crippen LogP contribution in [-0.2, 0) is 22.0 Å². The molecule has 0 spiro atoms. The first kappa shape index (κ1) is 24.7. The van der Waals surface area contributed by atoms with Crippen molar-refractivity contribution in [2.75, 3.05) is 9.62 Å². The first-order valence-corrected chi connectivity index (χ1v) is 12.2. The molecule has 0 bridgehead atoms. The molecular formula is C25H24F3N3O3S. The Kier molecular flexibility index (Phi) is 5.91. The Hall–Kier alpha value is -3.40. The van der Waals surface area contributed by atoms with Crippen molar-refractivity contribution in [2.45, 2.75) is 50.7 Å². The van der Waals surface area contributed by atoms with Crippen LogP contribution in [0.1, 0.15) is 48.0 Å². The van der Waals surface area contributed by atoms with E-state index < -0.39 is 27.5 Å². The van der Waals surface area contributed by atoms with Gasteiger partial charge in [-0.05, 0) is 54.3 Å². The Balaban J connectivity index is 1.89. The Morgan fingerprint density at radius 1 is 1.00 bits per heavy atom. The average molecular weight is 504 g/mol. The van der Waals surface area contributed by atoms with Crippen LogP contribution in [0.2, 0.25) is 0 Å². The molecule has 2 aromatic carbocycles. The average Bonchev–Trinajstić information content (AvgIpc) is 2.93. The van der Waals surface area contributed by atoms with E-state index in [4.69, 9.17) is 0 Å². The van der Waals surface area contributed by atoms with Crippen LogP contribution in [0.3, 0.4) is 0 Å². The topological polar surface area (TPSA) is 79.4 Å². The van der Waals surface area contributed by atoms with Gasteiger partial charge in [0, 0.05) is 16.8 Å². The van der Waals surface area contributed by atoms with E-state index in [-0.39, 0.29) is 28.2 Å². The van der Waals surface area contributed by atoms with Crippen molar-refractivity contribution >= 4 is 33.0 Å². The summed E-state index contributed by atoms with van der Waals surface area (Å²) in [6.45, 7) is 7.58. The predicted molar refractivity (Wildman–Crippen MR) is 128 cm³/mol. The van der Waals surface area contributed by atoms with E-state index in [1.807, 2.05) is 20.8 Å². The summed E-state index contributed by atoms with van der Waals surface area (Å²) in [5, 5.41) is 3.02. The van der Waals surface area contributed by atoms with Gasteiger partial charge >= 0.3 is 6.18 Å². The van der Waals surface area contributed by atoms with Crippen molar-refractivity contribution in [2.24, 2.45) is 0 Å². The third kappa shape index (κ3) is 4.75. The third-order valence-corrected chi connectivity index (χ3v) is 7.55. The number of aromatic nitrogens is 1. The molecule has 10 heteroatoms. The lowest BCUT2D eigenvalue weighted by Gasteiger charge is -2.25. The van der Waals surface area contributed by atoms with E-state index in [0.717, 1.165) is 22.0 Å². The van der Waals surface area contributed by atoms with Gasteiger partial charge in [0.15, 0.2) is 0 Å². The number of fused-ring (bicyclic) bond motifs is 2. The Bertz CT molecular complexity index is 1410. The monoisotopic (exact) mass is 503 g/mol. The minimum atomic E-state index is -5.10. The van der Waals surface area contributed by atoms with Crippen LogP contribution in [0.4, 0.5) is 30.4 Å². The van der Waals surface area contributed by atoms with Crippen LogP contribution in [0.15, 0.2) is 59.5 Å². The van der Waals surface area contributed by atoms with E-state index in [1.54, 1.807) is 31.2 Å². The highest BCUT2D eigenvalue weighted by atomic mass is 32.2. The summed E-state index contributed by atoms with van der Waals surface area (Å²) in [6.07, 6.45) is -5.10. The molecule has 0 fully saturated rings. The standard InChI is InChI=1S/C25H24F3N3O3S/c1-15-5-6-17-14-31(35(33,34)19-10-8-18(9-11-19)24(2,3)4)21-13-16(22(32)25(26,27)28)7-12-20(21)30-23(17)29-15/h5-13H,14H2,1-4H3,(H,29,30). The molecule has 35 heavy (non-hydrogen) atoms. The molecule has 2 heterocycles. The number of hydrogen-bond acceptors (Lipinski definition) is 5. The smallest absolute Gasteiger partial charge is 0.338 e. The zero-order valence-corrected chi connectivity index (χ0v) is 20.4. The highest BCUT2D eigenvalue weighted by Gasteiger charge is 2.40. The van der Waals surface area contributed by atoms with Gasteiger partial charge in [-0.1, -0.05) is 39.0 Å². The number of halogens is 3. The van der Waals surface area contributed by atoms with Crippen molar-refractivity contribution in [3.63, 3.8) is 0 Å². The number of benzene rings is 2. The van der Waals surface area contributed by atoms with Gasteiger partial charge in [-0.3, -0.25) is 9.10 Å². The number of anilines is 3. The minimum absolute atomic E-state index is 0.0208. The first-order valence-electron chi connectivity index (χ1n) is 10.8. The second-order valence-electron chi connectivity index (χ2n) is 9.43. The van der Waals surface area contributed by atoms with Gasteiger partial charge in [-0.15, -0.1) is 0 Å². The second-order valence-corrected chi connectivity index (χ2v) is 11.3. The molecule has 1 aliphatic rings. The van der Waals surface area contributed by atoms with Crippen molar-refractivity contribution in [3.05, 3.63) is 77.0 Å². The summed E-state index contributed by atoms with van der Waals surface area (Å²) < 4.78 is 68.0. The number of alkyl halides is 3. The molecule has 0 atom stereocenters. The van der Waals surface area contributed by atoms with Gasteiger partial charge in [0.2, 0.25) is 0 Å². The molecule has 0 saturated carbocycles. The number of nitrogens with zero attached hydrogens (tertiary/aromatic N) is 2. The van der Waals surface area contributed by atoms with E-state index >= 15 is 0 Å². The van der Waals surface area contributed by atoms with Crippen molar-refractivity contribution in [3.8, 4) is 0 Å². The SMILES string of the molecule is Cc1ccc2c(n1)Nc1ccc(C(=O)C(F)(F)F)cc1N(S(=O)(=O)c1ccc(C(C)(C)C)cc1)C2. The summed E-state index contributed by atoms with van der Waals surface area (Å²) in [5.41, 5.74) is 1.43. The molecule has 0 aliphatic carbocycles. The molecule has 0 saturated heterocycles. The fourth-order valence-corrected chi connectivity index (χ4v) is 5.26. The molecule has 4 rings (SSSR count). The van der Waals surface area contributed by atoms with Crippen molar-refractivity contribution < 1.29 is 26.4 Å². The Morgan fingerprint density at radius 3 is 2.26 bits per heavy atom. The second kappa shape index (κ2) is 8.37. The van der Waals surface area contributed by atoms with Crippen LogP contribution in [0, 0.1) is 6.92 Å². The van der Waals surface area contributed by atoms with E-state index in [2.05, 4.69) is 10.3 Å². The third-order valence-electron chi connectivity index (χ3n) is 5.78. The highest BCUT2D eigenvalue weighted by molar-refractivity contribution is 7.92. The Morgan fingerprint density at radius 2 is 1.66 bits per heavy atom. The highest BCUT2D eigenvalue weighted by Crippen LogP contribution is 2.40.